The molecule has 0 heterocycles. The summed E-state index contributed by atoms with van der Waals surface area (Å²) in [4.78, 5) is 0. The molecular weight excluding hydrogens is 321 g/mol. The second kappa shape index (κ2) is 7.53. The van der Waals surface area contributed by atoms with Crippen LogP contribution in [-0.2, 0) is 11.3 Å². The molecule has 2 nitrogen and oxygen atoms in total. The lowest BCUT2D eigenvalue weighted by molar-refractivity contribution is 0.0410. The zero-order chi connectivity index (χ0) is 14.4. The summed E-state index contributed by atoms with van der Waals surface area (Å²) in [7, 11) is 1.87. The highest BCUT2D eigenvalue weighted by Gasteiger charge is 2.11. The Hall–Kier alpha value is -1.23. The van der Waals surface area contributed by atoms with Gasteiger partial charge in [0.2, 0.25) is 0 Å². The van der Waals surface area contributed by atoms with Gasteiger partial charge in [0, 0.05) is 11.0 Å². The lowest BCUT2D eigenvalue weighted by Gasteiger charge is -2.18. The minimum Gasteiger partial charge on any atom is -0.368 e. The van der Waals surface area contributed by atoms with Gasteiger partial charge >= 0.3 is 0 Å². The molecule has 2 aromatic rings. The molecule has 0 aliphatic carbocycles. The monoisotopic (exact) mass is 337 g/mol. The smallest absolute Gasteiger partial charge is 0.123 e. The van der Waals surface area contributed by atoms with Crippen LogP contribution in [0.1, 0.15) is 17.2 Å². The van der Waals surface area contributed by atoms with Gasteiger partial charge in [-0.1, -0.05) is 40.2 Å². The van der Waals surface area contributed by atoms with E-state index in [0.717, 1.165) is 15.6 Å². The molecule has 2 rings (SSSR count). The van der Waals surface area contributed by atoms with E-state index >= 15 is 0 Å². The number of hydrogen-bond donors (Lipinski definition) is 1. The third-order valence-corrected chi connectivity index (χ3v) is 3.52. The molecule has 0 spiro atoms. The molecule has 0 fully saturated rings. The van der Waals surface area contributed by atoms with E-state index in [1.165, 1.54) is 12.1 Å². The SMILES string of the molecule is CNCC(OCc1ccc(Br)cc1)c1ccc(F)cc1. The molecular formula is C16H17BrFNO. The van der Waals surface area contributed by atoms with Gasteiger partial charge in [0.1, 0.15) is 5.82 Å². The van der Waals surface area contributed by atoms with Crippen molar-refractivity contribution in [2.24, 2.45) is 0 Å². The van der Waals surface area contributed by atoms with Gasteiger partial charge in [-0.05, 0) is 42.4 Å². The minimum atomic E-state index is -0.232. The van der Waals surface area contributed by atoms with Gasteiger partial charge in [0.15, 0.2) is 0 Å². The summed E-state index contributed by atoms with van der Waals surface area (Å²) in [6, 6.07) is 14.5. The maximum absolute atomic E-state index is 13.0. The number of likely N-dealkylation sites (N-methyl/N-ethyl adjacent to an activating group) is 1. The summed E-state index contributed by atoms with van der Waals surface area (Å²) < 4.78 is 19.9. The molecule has 106 valence electrons. The fraction of sp³-hybridized carbons (Fsp3) is 0.250. The van der Waals surface area contributed by atoms with Crippen LogP contribution in [0.3, 0.4) is 0 Å². The summed E-state index contributed by atoms with van der Waals surface area (Å²) in [6.45, 7) is 1.21. The Morgan fingerprint density at radius 1 is 1.10 bits per heavy atom. The first-order valence-corrected chi connectivity index (χ1v) is 7.24. The topological polar surface area (TPSA) is 21.3 Å². The van der Waals surface area contributed by atoms with Crippen molar-refractivity contribution in [1.29, 1.82) is 0 Å². The minimum absolute atomic E-state index is 0.0933. The molecule has 0 amide bonds. The van der Waals surface area contributed by atoms with E-state index in [1.54, 1.807) is 12.1 Å². The van der Waals surface area contributed by atoms with Crippen LogP contribution in [0.2, 0.25) is 0 Å². The van der Waals surface area contributed by atoms with Gasteiger partial charge < -0.3 is 10.1 Å². The first-order chi connectivity index (χ1) is 9.69. The summed E-state index contributed by atoms with van der Waals surface area (Å²) >= 11 is 3.41. The molecule has 0 aromatic heterocycles. The first-order valence-electron chi connectivity index (χ1n) is 6.45. The lowest BCUT2D eigenvalue weighted by Crippen LogP contribution is -2.19. The van der Waals surface area contributed by atoms with Gasteiger partial charge in [-0.3, -0.25) is 0 Å². The second-order valence-corrected chi connectivity index (χ2v) is 5.45. The molecule has 1 N–H and O–H groups in total. The summed E-state index contributed by atoms with van der Waals surface area (Å²) in [5.41, 5.74) is 2.08. The average Bonchev–Trinajstić information content (AvgIpc) is 2.46. The van der Waals surface area contributed by atoms with Crippen molar-refractivity contribution in [3.8, 4) is 0 Å². The highest BCUT2D eigenvalue weighted by Crippen LogP contribution is 2.20. The maximum atomic E-state index is 13.0. The van der Waals surface area contributed by atoms with Crippen molar-refractivity contribution in [1.82, 2.24) is 5.32 Å². The fourth-order valence-corrected chi connectivity index (χ4v) is 2.18. The van der Waals surface area contributed by atoms with Crippen LogP contribution in [-0.4, -0.2) is 13.6 Å². The van der Waals surface area contributed by atoms with Gasteiger partial charge in [0.05, 0.1) is 12.7 Å². The van der Waals surface area contributed by atoms with E-state index < -0.39 is 0 Å². The molecule has 0 radical (unpaired) electrons. The van der Waals surface area contributed by atoms with Crippen molar-refractivity contribution in [2.75, 3.05) is 13.6 Å². The van der Waals surface area contributed by atoms with Crippen LogP contribution in [0.15, 0.2) is 53.0 Å². The number of ether oxygens (including phenoxy) is 1. The largest absolute Gasteiger partial charge is 0.368 e. The van der Waals surface area contributed by atoms with Crippen LogP contribution >= 0.6 is 15.9 Å². The van der Waals surface area contributed by atoms with E-state index in [9.17, 15) is 4.39 Å². The normalized spacial score (nSPS) is 12.3. The lowest BCUT2D eigenvalue weighted by atomic mass is 10.1. The number of benzene rings is 2. The summed E-state index contributed by atoms with van der Waals surface area (Å²) in [5, 5.41) is 3.10. The Kier molecular flexibility index (Phi) is 5.71. The predicted molar refractivity (Wildman–Crippen MR) is 82.0 cm³/mol. The van der Waals surface area contributed by atoms with E-state index in [-0.39, 0.29) is 11.9 Å². The molecule has 1 unspecified atom stereocenters. The van der Waals surface area contributed by atoms with Gasteiger partial charge in [-0.2, -0.15) is 0 Å². The molecule has 0 aliphatic rings. The van der Waals surface area contributed by atoms with Crippen LogP contribution < -0.4 is 5.32 Å². The molecule has 1 atom stereocenters. The standard InChI is InChI=1S/C16H17BrFNO/c1-19-10-16(13-4-8-15(18)9-5-13)20-11-12-2-6-14(17)7-3-12/h2-9,16,19H,10-11H2,1H3. The maximum Gasteiger partial charge on any atom is 0.123 e. The van der Waals surface area contributed by atoms with Crippen molar-refractivity contribution >= 4 is 15.9 Å². The predicted octanol–water partition coefficient (Wildman–Crippen LogP) is 4.07. The molecule has 0 saturated heterocycles. The van der Waals surface area contributed by atoms with Gasteiger partial charge in [0.25, 0.3) is 0 Å². The van der Waals surface area contributed by atoms with Gasteiger partial charge in [-0.15, -0.1) is 0 Å². The molecule has 0 aliphatic heterocycles. The molecule has 0 saturated carbocycles. The average molecular weight is 338 g/mol. The number of halogens is 2. The summed E-state index contributed by atoms with van der Waals surface area (Å²) in [6.07, 6.45) is -0.0933. The van der Waals surface area contributed by atoms with Crippen LogP contribution in [0.25, 0.3) is 0 Å². The Bertz CT molecular complexity index is 527. The van der Waals surface area contributed by atoms with E-state index in [4.69, 9.17) is 4.74 Å². The quantitative estimate of drug-likeness (QED) is 0.857. The Morgan fingerprint density at radius 2 is 1.75 bits per heavy atom. The second-order valence-electron chi connectivity index (χ2n) is 4.54. The number of rotatable bonds is 6. The molecule has 2 aromatic carbocycles. The third kappa shape index (κ3) is 4.40. The molecule has 0 bridgehead atoms. The van der Waals surface area contributed by atoms with Gasteiger partial charge in [-0.25, -0.2) is 4.39 Å². The van der Waals surface area contributed by atoms with Crippen LogP contribution in [0.5, 0.6) is 0 Å². The highest BCUT2D eigenvalue weighted by molar-refractivity contribution is 9.10. The fourth-order valence-electron chi connectivity index (χ4n) is 1.91. The summed E-state index contributed by atoms with van der Waals surface area (Å²) in [5.74, 6) is -0.232. The van der Waals surface area contributed by atoms with Crippen molar-refractivity contribution in [3.05, 3.63) is 69.9 Å². The van der Waals surface area contributed by atoms with E-state index in [0.29, 0.717) is 13.2 Å². The number of nitrogens with one attached hydrogen (secondary N) is 1. The molecule has 4 heteroatoms. The van der Waals surface area contributed by atoms with Crippen molar-refractivity contribution in [2.45, 2.75) is 12.7 Å². The van der Waals surface area contributed by atoms with E-state index in [1.807, 2.05) is 31.3 Å². The Balaban J connectivity index is 2.02. The molecule has 20 heavy (non-hydrogen) atoms. The van der Waals surface area contributed by atoms with Crippen LogP contribution in [0.4, 0.5) is 4.39 Å². The number of hydrogen-bond acceptors (Lipinski definition) is 2. The zero-order valence-corrected chi connectivity index (χ0v) is 12.9. The van der Waals surface area contributed by atoms with Crippen molar-refractivity contribution in [3.63, 3.8) is 0 Å². The zero-order valence-electron chi connectivity index (χ0n) is 11.3. The van der Waals surface area contributed by atoms with Crippen LogP contribution in [0, 0.1) is 5.82 Å². The Labute approximate surface area is 127 Å². The van der Waals surface area contributed by atoms with E-state index in [2.05, 4.69) is 21.2 Å². The first kappa shape index (κ1) is 15.2. The Morgan fingerprint density at radius 3 is 2.35 bits per heavy atom. The highest BCUT2D eigenvalue weighted by atomic mass is 79.9. The van der Waals surface area contributed by atoms with Crippen molar-refractivity contribution < 1.29 is 9.13 Å². The third-order valence-electron chi connectivity index (χ3n) is 3.00.